The first-order valence-corrected chi connectivity index (χ1v) is 9.91. The molecule has 0 unspecified atom stereocenters. The number of aryl methyl sites for hydroxylation is 1. The third kappa shape index (κ3) is 3.76. The topological polar surface area (TPSA) is 67.1 Å². The minimum atomic E-state index is -0.331. The molecular formula is C23H26N3O3+. The number of para-hydroxylation sites is 3. The summed E-state index contributed by atoms with van der Waals surface area (Å²) in [4.78, 5) is 20.9. The van der Waals surface area contributed by atoms with Crippen LogP contribution in [0.25, 0.3) is 10.9 Å². The molecule has 0 radical (unpaired) electrons. The van der Waals surface area contributed by atoms with Crippen LogP contribution in [0.2, 0.25) is 0 Å². The lowest BCUT2D eigenvalue weighted by Gasteiger charge is -2.34. The van der Waals surface area contributed by atoms with Crippen LogP contribution in [0.1, 0.15) is 21.6 Å². The first-order valence-electron chi connectivity index (χ1n) is 9.91. The van der Waals surface area contributed by atoms with E-state index >= 15 is 0 Å². The Hall–Kier alpha value is -3.12. The number of hydrogen-bond donors (Lipinski definition) is 2. The van der Waals surface area contributed by atoms with Crippen molar-refractivity contribution in [1.82, 2.24) is 4.98 Å². The lowest BCUT2D eigenvalue weighted by Crippen LogP contribution is -3.13. The van der Waals surface area contributed by atoms with Gasteiger partial charge in [-0.1, -0.05) is 30.3 Å². The van der Waals surface area contributed by atoms with Gasteiger partial charge in [-0.3, -0.25) is 0 Å². The molecule has 4 rings (SSSR count). The van der Waals surface area contributed by atoms with E-state index in [0.717, 1.165) is 54.0 Å². The molecule has 6 heteroatoms. The fourth-order valence-corrected chi connectivity index (χ4v) is 4.15. The van der Waals surface area contributed by atoms with Crippen molar-refractivity contribution in [3.63, 3.8) is 0 Å². The molecule has 2 heterocycles. The molecule has 0 atom stereocenters. The van der Waals surface area contributed by atoms with Gasteiger partial charge in [0.05, 0.1) is 50.1 Å². The van der Waals surface area contributed by atoms with Crippen molar-refractivity contribution >= 4 is 22.6 Å². The van der Waals surface area contributed by atoms with E-state index in [1.807, 2.05) is 49.4 Å². The summed E-state index contributed by atoms with van der Waals surface area (Å²) >= 11 is 0. The smallest absolute Gasteiger partial charge is 0.340 e. The van der Waals surface area contributed by atoms with Gasteiger partial charge in [0.25, 0.3) is 0 Å². The molecule has 1 aliphatic heterocycles. The van der Waals surface area contributed by atoms with Crippen molar-refractivity contribution in [2.75, 3.05) is 38.2 Å². The highest BCUT2D eigenvalue weighted by Gasteiger charge is 2.26. The Morgan fingerprint density at radius 2 is 1.83 bits per heavy atom. The number of aromatic nitrogens is 1. The number of nitrogens with one attached hydrogen (secondary N) is 1. The Morgan fingerprint density at radius 3 is 2.55 bits per heavy atom. The van der Waals surface area contributed by atoms with Gasteiger partial charge in [0, 0.05) is 5.39 Å². The second-order valence-electron chi connectivity index (χ2n) is 7.47. The number of rotatable bonds is 4. The molecule has 2 N–H and O–H groups in total. The summed E-state index contributed by atoms with van der Waals surface area (Å²) in [5, 5.41) is 11.1. The molecule has 3 aromatic rings. The number of anilines is 1. The predicted octanol–water partition coefficient (Wildman–Crippen LogP) is 1.94. The van der Waals surface area contributed by atoms with Crippen LogP contribution in [0, 0.1) is 6.92 Å². The number of methoxy groups -OCH3 is 1. The highest BCUT2D eigenvalue weighted by Crippen LogP contribution is 2.26. The normalized spacial score (nSPS) is 14.9. The first kappa shape index (κ1) is 19.2. The Balaban J connectivity index is 1.57. The molecule has 0 spiro atoms. The molecule has 29 heavy (non-hydrogen) atoms. The Bertz CT molecular complexity index is 1040. The van der Waals surface area contributed by atoms with Crippen molar-refractivity contribution in [2.45, 2.75) is 13.5 Å². The van der Waals surface area contributed by atoms with Gasteiger partial charge in [0.1, 0.15) is 18.0 Å². The summed E-state index contributed by atoms with van der Waals surface area (Å²) < 4.78 is 5.06. The number of phenols is 1. The number of esters is 1. The highest BCUT2D eigenvalue weighted by atomic mass is 16.5. The second-order valence-corrected chi connectivity index (χ2v) is 7.47. The number of piperazine rings is 1. The number of ether oxygens (including phenoxy) is 1. The van der Waals surface area contributed by atoms with Crippen LogP contribution in [-0.2, 0) is 11.3 Å². The van der Waals surface area contributed by atoms with E-state index in [0.29, 0.717) is 17.9 Å². The molecule has 2 aromatic carbocycles. The number of quaternary nitrogens is 1. The fraction of sp³-hybridized carbons (Fsp3) is 0.304. The summed E-state index contributed by atoms with van der Waals surface area (Å²) in [5.41, 5.74) is 4.08. The van der Waals surface area contributed by atoms with Gasteiger partial charge in [0.15, 0.2) is 0 Å². The number of pyridine rings is 1. The summed E-state index contributed by atoms with van der Waals surface area (Å²) in [6.45, 7) is 6.13. The maximum Gasteiger partial charge on any atom is 0.340 e. The van der Waals surface area contributed by atoms with Crippen molar-refractivity contribution in [3.8, 4) is 5.75 Å². The highest BCUT2D eigenvalue weighted by molar-refractivity contribution is 5.98. The van der Waals surface area contributed by atoms with E-state index in [1.165, 1.54) is 12.0 Å². The predicted molar refractivity (Wildman–Crippen MR) is 113 cm³/mol. The van der Waals surface area contributed by atoms with Crippen molar-refractivity contribution in [3.05, 3.63) is 65.4 Å². The van der Waals surface area contributed by atoms with E-state index in [1.54, 1.807) is 6.07 Å². The van der Waals surface area contributed by atoms with Gasteiger partial charge in [-0.2, -0.15) is 0 Å². The SMILES string of the molecule is COC(=O)c1c(C[NH+]2CCN(c3ccccc3O)CC2)nc2ccccc2c1C. The number of carbonyl (C=O) groups excluding carboxylic acids is 1. The maximum atomic E-state index is 12.5. The maximum absolute atomic E-state index is 12.5. The molecular weight excluding hydrogens is 366 g/mol. The fourth-order valence-electron chi connectivity index (χ4n) is 4.15. The van der Waals surface area contributed by atoms with Crippen LogP contribution in [0.15, 0.2) is 48.5 Å². The number of benzene rings is 2. The molecule has 150 valence electrons. The Kier molecular flexibility index (Phi) is 5.36. The number of nitrogens with zero attached hydrogens (tertiary/aromatic N) is 2. The van der Waals surface area contributed by atoms with Crippen molar-refractivity contribution < 1.29 is 19.5 Å². The van der Waals surface area contributed by atoms with E-state index in [4.69, 9.17) is 9.72 Å². The number of aromatic hydroxyl groups is 1. The van der Waals surface area contributed by atoms with E-state index < -0.39 is 0 Å². The monoisotopic (exact) mass is 392 g/mol. The zero-order chi connectivity index (χ0) is 20.4. The second kappa shape index (κ2) is 8.09. The number of hydrogen-bond acceptors (Lipinski definition) is 5. The zero-order valence-corrected chi connectivity index (χ0v) is 16.8. The van der Waals surface area contributed by atoms with Gasteiger partial charge in [0.2, 0.25) is 0 Å². The van der Waals surface area contributed by atoms with Gasteiger partial charge in [-0.15, -0.1) is 0 Å². The number of phenolic OH excluding ortho intramolecular Hbond substituents is 1. The molecule has 1 aliphatic rings. The standard InChI is InChI=1S/C23H25N3O3/c1-16-17-7-3-4-8-18(17)24-19(22(16)23(28)29-2)15-25-11-13-26(14-12-25)20-9-5-6-10-21(20)27/h3-10,27H,11-15H2,1-2H3/p+1. The molecule has 0 aliphatic carbocycles. The van der Waals surface area contributed by atoms with Crippen LogP contribution >= 0.6 is 0 Å². The van der Waals surface area contributed by atoms with Gasteiger partial charge >= 0.3 is 5.97 Å². The molecule has 1 saturated heterocycles. The van der Waals surface area contributed by atoms with Gasteiger partial charge in [-0.05, 0) is 30.7 Å². The van der Waals surface area contributed by atoms with Crippen LogP contribution in [0.4, 0.5) is 5.69 Å². The molecule has 0 saturated carbocycles. The molecule has 1 fully saturated rings. The van der Waals surface area contributed by atoms with Gasteiger partial charge in [-0.25, -0.2) is 9.78 Å². The number of carbonyl (C=O) groups is 1. The minimum absolute atomic E-state index is 0.316. The van der Waals surface area contributed by atoms with Crippen molar-refractivity contribution in [2.24, 2.45) is 0 Å². The quantitative estimate of drug-likeness (QED) is 0.665. The minimum Gasteiger partial charge on any atom is -0.506 e. The van der Waals surface area contributed by atoms with Gasteiger partial charge < -0.3 is 19.6 Å². The van der Waals surface area contributed by atoms with E-state index in [9.17, 15) is 9.90 Å². The molecule has 0 amide bonds. The van der Waals surface area contributed by atoms with Crippen molar-refractivity contribution in [1.29, 1.82) is 0 Å². The first-order chi connectivity index (χ1) is 14.1. The summed E-state index contributed by atoms with van der Waals surface area (Å²) in [6.07, 6.45) is 0. The third-order valence-electron chi connectivity index (χ3n) is 5.73. The molecule has 6 nitrogen and oxygen atoms in total. The molecule has 0 bridgehead atoms. The lowest BCUT2D eigenvalue weighted by molar-refractivity contribution is -0.914. The summed E-state index contributed by atoms with van der Waals surface area (Å²) in [6, 6.07) is 15.4. The summed E-state index contributed by atoms with van der Waals surface area (Å²) in [5.74, 6) is -0.0151. The summed E-state index contributed by atoms with van der Waals surface area (Å²) in [7, 11) is 1.42. The Morgan fingerprint density at radius 1 is 1.14 bits per heavy atom. The lowest BCUT2D eigenvalue weighted by atomic mass is 10.0. The molecule has 1 aromatic heterocycles. The largest absolute Gasteiger partial charge is 0.506 e. The van der Waals surface area contributed by atoms with Crippen LogP contribution in [-0.4, -0.2) is 49.3 Å². The average Bonchev–Trinajstić information content (AvgIpc) is 2.74. The third-order valence-corrected chi connectivity index (χ3v) is 5.73. The number of fused-ring (bicyclic) bond motifs is 1. The van der Waals surface area contributed by atoms with Crippen LogP contribution < -0.4 is 9.80 Å². The van der Waals surface area contributed by atoms with E-state index in [-0.39, 0.29) is 5.97 Å². The van der Waals surface area contributed by atoms with Crippen LogP contribution in [0.3, 0.4) is 0 Å². The van der Waals surface area contributed by atoms with E-state index in [2.05, 4.69) is 4.90 Å². The van der Waals surface area contributed by atoms with Crippen LogP contribution in [0.5, 0.6) is 5.75 Å². The zero-order valence-electron chi connectivity index (χ0n) is 16.8. The average molecular weight is 392 g/mol. The Labute approximate surface area is 170 Å².